The van der Waals surface area contributed by atoms with Crippen LogP contribution < -0.4 is 39.6 Å². The molecule has 2 unspecified atom stereocenters. The van der Waals surface area contributed by atoms with Crippen molar-refractivity contribution in [2.24, 2.45) is 30.7 Å². The van der Waals surface area contributed by atoms with Crippen molar-refractivity contribution in [3.8, 4) is 11.5 Å². The molecular weight excluding hydrogens is 706 g/mol. The molecule has 16 heteroatoms. The van der Waals surface area contributed by atoms with Crippen LogP contribution in [0.5, 0.6) is 11.5 Å². The molecule has 4 aromatic carbocycles. The smallest absolute Gasteiger partial charge is 0.506 e. The molecule has 0 fully saturated rings. The summed E-state index contributed by atoms with van der Waals surface area (Å²) in [5, 5.41) is 47.3. The summed E-state index contributed by atoms with van der Waals surface area (Å²) < 4.78 is 0. The predicted octanol–water partition coefficient (Wildman–Crippen LogP) is 4.84. The Morgan fingerprint density at radius 1 is 0.625 bits per heavy atom. The Hall–Kier alpha value is -3.93. The molecule has 2 aliphatic heterocycles. The summed E-state index contributed by atoms with van der Waals surface area (Å²) in [7, 11) is 0. The van der Waals surface area contributed by atoms with Gasteiger partial charge in [-0.3, -0.25) is 9.59 Å². The summed E-state index contributed by atoms with van der Waals surface area (Å²) in [6, 6.07) is 25.4. The SMILES string of the molecule is CC1=NN(c2ccccc2)C(=O)C1N=Nc1cc(Cl)ccc1O.CC1=NN(c2ccccc2)C(=O)C1N=Nc1cc(Cl)ccc1O.[Cr].[Na+]. The number of halogens is 2. The van der Waals surface area contributed by atoms with Crippen LogP contribution in [0.2, 0.25) is 10.0 Å². The average molecular weight is 733 g/mol. The molecule has 0 aliphatic carbocycles. The Balaban J connectivity index is 0.000000250. The van der Waals surface area contributed by atoms with E-state index in [1.54, 1.807) is 50.2 Å². The Kier molecular flexibility index (Phi) is 14.0. The van der Waals surface area contributed by atoms with Crippen LogP contribution in [0.3, 0.4) is 0 Å². The largest absolute Gasteiger partial charge is 1.00 e. The van der Waals surface area contributed by atoms with Gasteiger partial charge in [-0.1, -0.05) is 59.6 Å². The standard InChI is InChI=1S/2C16H13ClN4O2.Cr.Na/c2*1-10-15(19-18-13-9-11(17)7-8-14(13)22)16(23)21(20-10)12-5-3-2-4-6-12;;/h2*2-9,15,22H,1H3;;/q;;;+1. The number of phenols is 2. The number of amides is 2. The molecule has 0 saturated heterocycles. The zero-order valence-corrected chi connectivity index (χ0v) is 30.6. The third-order valence-electron chi connectivity index (χ3n) is 6.63. The van der Waals surface area contributed by atoms with Gasteiger partial charge in [0.05, 0.1) is 22.8 Å². The van der Waals surface area contributed by atoms with Crippen molar-refractivity contribution in [3.05, 3.63) is 107 Å². The van der Waals surface area contributed by atoms with E-state index in [9.17, 15) is 19.8 Å². The molecule has 0 saturated carbocycles. The minimum atomic E-state index is -0.811. The first-order valence-electron chi connectivity index (χ1n) is 13.8. The minimum Gasteiger partial charge on any atom is -0.506 e. The first-order chi connectivity index (χ1) is 22.1. The third-order valence-corrected chi connectivity index (χ3v) is 7.10. The van der Waals surface area contributed by atoms with E-state index < -0.39 is 12.1 Å². The van der Waals surface area contributed by atoms with Gasteiger partial charge in [-0.15, -0.1) is 0 Å². The number of hydrogen-bond donors (Lipinski definition) is 2. The number of phenolic OH excluding ortho intramolecular Hbond substituents is 2. The fourth-order valence-electron chi connectivity index (χ4n) is 4.28. The molecule has 6 rings (SSSR count). The van der Waals surface area contributed by atoms with Crippen molar-refractivity contribution in [1.82, 2.24) is 0 Å². The quantitative estimate of drug-likeness (QED) is 0.215. The van der Waals surface area contributed by atoms with Gasteiger partial charge in [-0.2, -0.15) is 40.7 Å². The van der Waals surface area contributed by atoms with Crippen LogP contribution in [0, 0.1) is 0 Å². The van der Waals surface area contributed by atoms with Gasteiger partial charge in [0.2, 0.25) is 0 Å². The van der Waals surface area contributed by atoms with Crippen molar-refractivity contribution in [1.29, 1.82) is 0 Å². The van der Waals surface area contributed by atoms with Crippen LogP contribution in [-0.4, -0.2) is 45.5 Å². The number of carbonyl (C=O) groups is 2. The molecule has 48 heavy (non-hydrogen) atoms. The zero-order valence-electron chi connectivity index (χ0n) is 25.8. The summed E-state index contributed by atoms with van der Waals surface area (Å²) in [6.07, 6.45) is 0. The van der Waals surface area contributed by atoms with Gasteiger partial charge >= 0.3 is 29.6 Å². The average Bonchev–Trinajstić information content (AvgIpc) is 3.51. The van der Waals surface area contributed by atoms with Crippen LogP contribution in [0.25, 0.3) is 0 Å². The predicted molar refractivity (Wildman–Crippen MR) is 177 cm³/mol. The topological polar surface area (TPSA) is 155 Å². The number of benzene rings is 4. The second kappa shape index (κ2) is 17.5. The first-order valence-corrected chi connectivity index (χ1v) is 14.5. The molecule has 2 amide bonds. The van der Waals surface area contributed by atoms with Crippen molar-refractivity contribution in [2.45, 2.75) is 25.9 Å². The number of hydrogen-bond acceptors (Lipinski definition) is 10. The van der Waals surface area contributed by atoms with E-state index in [0.717, 1.165) is 0 Å². The maximum absolute atomic E-state index is 12.5. The van der Waals surface area contributed by atoms with E-state index in [1.165, 1.54) is 34.3 Å². The summed E-state index contributed by atoms with van der Waals surface area (Å²) in [6.45, 7) is 3.42. The second-order valence-electron chi connectivity index (χ2n) is 9.96. The summed E-state index contributed by atoms with van der Waals surface area (Å²) >= 11 is 11.7. The van der Waals surface area contributed by atoms with E-state index in [1.807, 2.05) is 36.4 Å². The van der Waals surface area contributed by atoms with Crippen LogP contribution in [-0.2, 0) is 27.0 Å². The van der Waals surface area contributed by atoms with Crippen LogP contribution in [0.1, 0.15) is 13.8 Å². The number of aromatic hydroxyl groups is 2. The van der Waals surface area contributed by atoms with Gasteiger partial charge in [0.1, 0.15) is 22.9 Å². The molecule has 12 nitrogen and oxygen atoms in total. The fraction of sp³-hybridized carbons (Fsp3) is 0.125. The molecule has 2 atom stereocenters. The molecule has 2 N–H and O–H groups in total. The molecular formula is C32H26Cl2CrN8NaO4+. The Morgan fingerprint density at radius 3 is 1.33 bits per heavy atom. The van der Waals surface area contributed by atoms with Crippen molar-refractivity contribution < 1.29 is 66.7 Å². The number of carbonyl (C=O) groups excluding carboxylic acids is 2. The molecule has 0 spiro atoms. The van der Waals surface area contributed by atoms with Crippen LogP contribution in [0.15, 0.2) is 128 Å². The maximum Gasteiger partial charge on any atom is 1.00 e. The van der Waals surface area contributed by atoms with Crippen LogP contribution in [0.4, 0.5) is 22.7 Å². The van der Waals surface area contributed by atoms with E-state index in [-0.39, 0.29) is 81.6 Å². The number of anilines is 2. The molecule has 0 radical (unpaired) electrons. The number of nitrogens with zero attached hydrogens (tertiary/aromatic N) is 8. The number of hydrazone groups is 2. The molecule has 2 aliphatic rings. The van der Waals surface area contributed by atoms with E-state index in [4.69, 9.17) is 23.2 Å². The van der Waals surface area contributed by atoms with Gasteiger partial charge in [0.25, 0.3) is 11.8 Å². The second-order valence-corrected chi connectivity index (χ2v) is 10.8. The van der Waals surface area contributed by atoms with Crippen LogP contribution >= 0.6 is 23.2 Å². The molecule has 0 bridgehead atoms. The van der Waals surface area contributed by atoms with Crippen molar-refractivity contribution in [3.63, 3.8) is 0 Å². The Labute approximate surface area is 318 Å². The molecule has 2 heterocycles. The van der Waals surface area contributed by atoms with E-state index in [0.29, 0.717) is 32.8 Å². The number of para-hydroxylation sites is 2. The summed E-state index contributed by atoms with van der Waals surface area (Å²) in [4.78, 5) is 24.9. The van der Waals surface area contributed by atoms with E-state index >= 15 is 0 Å². The molecule has 0 aromatic heterocycles. The van der Waals surface area contributed by atoms with Gasteiger partial charge in [0, 0.05) is 27.4 Å². The third kappa shape index (κ3) is 9.15. The summed E-state index contributed by atoms with van der Waals surface area (Å²) in [5.41, 5.74) is 2.81. The van der Waals surface area contributed by atoms with E-state index in [2.05, 4.69) is 30.7 Å². The fourth-order valence-corrected chi connectivity index (χ4v) is 4.61. The zero-order chi connectivity index (χ0) is 32.8. The number of azo groups is 2. The molecule has 4 aromatic rings. The Morgan fingerprint density at radius 2 is 0.979 bits per heavy atom. The van der Waals surface area contributed by atoms with Gasteiger partial charge < -0.3 is 10.2 Å². The van der Waals surface area contributed by atoms with Crippen molar-refractivity contribution >= 4 is 69.2 Å². The Bertz CT molecular complexity index is 1760. The normalized spacial score (nSPS) is 17.1. The first kappa shape index (κ1) is 38.5. The maximum atomic E-state index is 12.5. The van der Waals surface area contributed by atoms with Gasteiger partial charge in [-0.05, 0) is 74.5 Å². The minimum absolute atomic E-state index is 0. The van der Waals surface area contributed by atoms with Crippen molar-refractivity contribution in [2.75, 3.05) is 10.0 Å². The molecule has 238 valence electrons. The monoisotopic (exact) mass is 731 g/mol. The van der Waals surface area contributed by atoms with Gasteiger partial charge in [0.15, 0.2) is 12.1 Å². The summed E-state index contributed by atoms with van der Waals surface area (Å²) in [5.74, 6) is -0.700. The number of rotatable bonds is 6. The van der Waals surface area contributed by atoms with Gasteiger partial charge in [-0.25, -0.2) is 0 Å².